The minimum absolute atomic E-state index is 0.0902. The molecule has 2 N–H and O–H groups in total. The molecule has 55 heavy (non-hydrogen) atoms. The molecule has 1 aliphatic rings. The van der Waals surface area contributed by atoms with E-state index in [4.69, 9.17) is 15.2 Å². The van der Waals surface area contributed by atoms with Crippen LogP contribution in [0.15, 0.2) is 12.2 Å². The van der Waals surface area contributed by atoms with Gasteiger partial charge in [-0.1, -0.05) is 163 Å². The normalized spacial score (nSPS) is 19.4. The van der Waals surface area contributed by atoms with Crippen molar-refractivity contribution in [1.29, 1.82) is 0 Å². The monoisotopic (exact) mass is 775 g/mol. The van der Waals surface area contributed by atoms with Crippen LogP contribution in [0.1, 0.15) is 228 Å². The van der Waals surface area contributed by atoms with Crippen LogP contribution >= 0.6 is 0 Å². The highest BCUT2D eigenvalue weighted by atomic mass is 16.5. The molecule has 0 spiro atoms. The van der Waals surface area contributed by atoms with Gasteiger partial charge >= 0.3 is 11.9 Å². The number of rotatable bonds is 35. The van der Waals surface area contributed by atoms with Crippen molar-refractivity contribution >= 4 is 11.9 Å². The van der Waals surface area contributed by atoms with Crippen LogP contribution in [0.4, 0.5) is 0 Å². The fourth-order valence-electron chi connectivity index (χ4n) is 9.34. The molecular formula is C49H94N2O4. The average Bonchev–Trinajstić information content (AvgIpc) is 3.49. The number of carbonyl (C=O) groups is 2. The van der Waals surface area contributed by atoms with Crippen molar-refractivity contribution in [3.8, 4) is 0 Å². The molecule has 324 valence electrons. The molecule has 6 heteroatoms. The first kappa shape index (κ1) is 51.6. The van der Waals surface area contributed by atoms with Gasteiger partial charge in [0.25, 0.3) is 0 Å². The Labute approximate surface area is 342 Å². The number of carbonyl (C=O) groups excluding carboxylic acids is 2. The number of hydrogen-bond donors (Lipinski definition) is 1. The maximum atomic E-state index is 14.0. The third kappa shape index (κ3) is 23.6. The first-order chi connectivity index (χ1) is 26.3. The first-order valence-corrected chi connectivity index (χ1v) is 23.8. The van der Waals surface area contributed by atoms with Gasteiger partial charge in [0, 0.05) is 29.8 Å². The van der Waals surface area contributed by atoms with E-state index in [-0.39, 0.29) is 46.9 Å². The highest BCUT2D eigenvalue weighted by Crippen LogP contribution is 2.42. The molecule has 0 heterocycles. The molecule has 0 aromatic rings. The molecule has 0 saturated heterocycles. The molecule has 1 saturated carbocycles. The van der Waals surface area contributed by atoms with Gasteiger partial charge in [-0.15, -0.1) is 0 Å². The second-order valence-electron chi connectivity index (χ2n) is 18.9. The fraction of sp³-hybridized carbons (Fsp3) is 0.918. The zero-order valence-corrected chi connectivity index (χ0v) is 38.2. The van der Waals surface area contributed by atoms with Crippen molar-refractivity contribution in [3.63, 3.8) is 0 Å². The van der Waals surface area contributed by atoms with Crippen LogP contribution < -0.4 is 5.73 Å². The number of unbranched alkanes of at least 4 members (excludes halogenated alkanes) is 15. The summed E-state index contributed by atoms with van der Waals surface area (Å²) in [5.74, 6) is 0.538. The van der Waals surface area contributed by atoms with E-state index in [0.29, 0.717) is 25.3 Å². The van der Waals surface area contributed by atoms with Crippen molar-refractivity contribution in [3.05, 3.63) is 12.2 Å². The lowest BCUT2D eigenvalue weighted by Gasteiger charge is -2.44. The Balaban J connectivity index is 3.13. The zero-order valence-electron chi connectivity index (χ0n) is 38.2. The van der Waals surface area contributed by atoms with Gasteiger partial charge in [-0.25, -0.2) is 0 Å². The molecule has 1 rings (SSSR count). The van der Waals surface area contributed by atoms with E-state index in [0.717, 1.165) is 44.9 Å². The van der Waals surface area contributed by atoms with E-state index in [9.17, 15) is 9.59 Å². The summed E-state index contributed by atoms with van der Waals surface area (Å²) in [7, 11) is 3.95. The zero-order chi connectivity index (χ0) is 41.0. The molecule has 0 aromatic heterocycles. The molecule has 0 aromatic carbocycles. The van der Waals surface area contributed by atoms with Gasteiger partial charge in [0.1, 0.15) is 12.2 Å². The van der Waals surface area contributed by atoms with Crippen LogP contribution in [0.5, 0.6) is 0 Å². The minimum atomic E-state index is -0.325. The highest BCUT2D eigenvalue weighted by molar-refractivity contribution is 5.71. The van der Waals surface area contributed by atoms with Crippen molar-refractivity contribution in [1.82, 2.24) is 4.90 Å². The number of nitrogens with two attached hydrogens (primary N) is 1. The van der Waals surface area contributed by atoms with E-state index < -0.39 is 0 Å². The summed E-state index contributed by atoms with van der Waals surface area (Å²) >= 11 is 0. The van der Waals surface area contributed by atoms with Crippen molar-refractivity contribution in [2.24, 2.45) is 28.9 Å². The van der Waals surface area contributed by atoms with Gasteiger partial charge in [-0.2, -0.15) is 0 Å². The SMILES string of the molecule is CC/C=C\CC1C(CC(=O)OC(CCCCCCCC)C(C)(C)CC(C)(N)C(CCCCCCCC)CCCCCCCC)CCC1OC(=O)CCN(C)C. The Kier molecular flexibility index (Phi) is 28.8. The van der Waals surface area contributed by atoms with Crippen molar-refractivity contribution < 1.29 is 19.1 Å². The maximum absolute atomic E-state index is 14.0. The Hall–Kier alpha value is -1.40. The quantitative estimate of drug-likeness (QED) is 0.0392. The first-order valence-electron chi connectivity index (χ1n) is 23.8. The standard InChI is InChI=1S/C49H94N2O4/c1-10-14-18-21-24-28-31-42(32-29-25-22-19-15-11-2)49(7,50)40-48(5,6)45(34-30-26-23-20-16-12-3)55-47(53)39-41-35-36-44(43(41)33-27-17-13-4)54-46(52)37-38-51(8)9/h17,27,41-45H,10-16,18-26,28-40,50H2,1-9H3/b27-17-. The number of ether oxygens (including phenoxy) is 2. The highest BCUT2D eigenvalue weighted by Gasteiger charge is 2.43. The maximum Gasteiger partial charge on any atom is 0.307 e. The molecular weight excluding hydrogens is 681 g/mol. The van der Waals surface area contributed by atoms with Crippen LogP contribution in [0.3, 0.4) is 0 Å². The second kappa shape index (κ2) is 30.6. The van der Waals surface area contributed by atoms with Gasteiger partial charge in [0.15, 0.2) is 0 Å². The Bertz CT molecular complexity index is 975. The summed E-state index contributed by atoms with van der Waals surface area (Å²) in [6, 6.07) is 0. The molecule has 6 nitrogen and oxygen atoms in total. The average molecular weight is 775 g/mol. The van der Waals surface area contributed by atoms with E-state index >= 15 is 0 Å². The fourth-order valence-corrected chi connectivity index (χ4v) is 9.34. The number of allylic oxidation sites excluding steroid dienone is 2. The van der Waals surface area contributed by atoms with Crippen LogP contribution in [0.25, 0.3) is 0 Å². The summed E-state index contributed by atoms with van der Waals surface area (Å²) in [6.07, 6.45) is 35.5. The van der Waals surface area contributed by atoms with Crippen molar-refractivity contribution in [2.45, 2.75) is 246 Å². The summed E-state index contributed by atoms with van der Waals surface area (Å²) in [5, 5.41) is 0. The van der Waals surface area contributed by atoms with E-state index in [1.54, 1.807) is 0 Å². The Morgan fingerprint density at radius 1 is 0.709 bits per heavy atom. The van der Waals surface area contributed by atoms with E-state index in [1.807, 2.05) is 19.0 Å². The summed E-state index contributed by atoms with van der Waals surface area (Å²) in [5.41, 5.74) is 6.89. The molecule has 1 aliphatic carbocycles. The van der Waals surface area contributed by atoms with Gasteiger partial charge in [-0.3, -0.25) is 9.59 Å². The largest absolute Gasteiger partial charge is 0.462 e. The van der Waals surface area contributed by atoms with Gasteiger partial charge in [0.2, 0.25) is 0 Å². The van der Waals surface area contributed by atoms with Crippen LogP contribution in [-0.2, 0) is 19.1 Å². The molecule has 0 amide bonds. The number of nitrogens with zero attached hydrogens (tertiary/aromatic N) is 1. The molecule has 1 fully saturated rings. The smallest absolute Gasteiger partial charge is 0.307 e. The predicted molar refractivity (Wildman–Crippen MR) is 236 cm³/mol. The molecule has 5 unspecified atom stereocenters. The lowest BCUT2D eigenvalue weighted by molar-refractivity contribution is -0.159. The number of esters is 2. The molecule has 0 radical (unpaired) electrons. The molecule has 0 aliphatic heterocycles. The minimum Gasteiger partial charge on any atom is -0.462 e. The Morgan fingerprint density at radius 3 is 1.73 bits per heavy atom. The lowest BCUT2D eigenvalue weighted by Crippen LogP contribution is -2.50. The third-order valence-corrected chi connectivity index (χ3v) is 12.7. The van der Waals surface area contributed by atoms with Gasteiger partial charge < -0.3 is 20.1 Å². The van der Waals surface area contributed by atoms with Crippen LogP contribution in [-0.4, -0.2) is 55.2 Å². The van der Waals surface area contributed by atoms with Gasteiger partial charge in [-0.05, 0) is 90.6 Å². The second-order valence-corrected chi connectivity index (χ2v) is 18.9. The predicted octanol–water partition coefficient (Wildman–Crippen LogP) is 13.5. The topological polar surface area (TPSA) is 81.9 Å². The van der Waals surface area contributed by atoms with E-state index in [2.05, 4.69) is 60.6 Å². The lowest BCUT2D eigenvalue weighted by atomic mass is 9.67. The molecule has 5 atom stereocenters. The van der Waals surface area contributed by atoms with Crippen LogP contribution in [0, 0.1) is 23.2 Å². The summed E-state index contributed by atoms with van der Waals surface area (Å²) in [4.78, 5) is 28.8. The molecule has 0 bridgehead atoms. The van der Waals surface area contributed by atoms with E-state index in [1.165, 1.54) is 122 Å². The van der Waals surface area contributed by atoms with Gasteiger partial charge in [0.05, 0.1) is 6.42 Å². The Morgan fingerprint density at radius 2 is 1.22 bits per heavy atom. The summed E-state index contributed by atoms with van der Waals surface area (Å²) in [6.45, 7) is 16.6. The number of hydrogen-bond acceptors (Lipinski definition) is 6. The third-order valence-electron chi connectivity index (χ3n) is 12.7. The summed E-state index contributed by atoms with van der Waals surface area (Å²) < 4.78 is 12.7. The van der Waals surface area contributed by atoms with Crippen molar-refractivity contribution in [2.75, 3.05) is 20.6 Å². The van der Waals surface area contributed by atoms with Crippen LogP contribution in [0.2, 0.25) is 0 Å².